The van der Waals surface area contributed by atoms with Gasteiger partial charge in [0.1, 0.15) is 5.69 Å². The van der Waals surface area contributed by atoms with Crippen molar-refractivity contribution < 1.29 is 14.3 Å². The molecular weight excluding hydrogens is 334 g/mol. The fraction of sp³-hybridized carbons (Fsp3) is 0.111. The molecule has 0 spiro atoms. The predicted octanol–water partition coefficient (Wildman–Crippen LogP) is 1.72. The number of carbonyl (C=O) groups excluding carboxylic acids is 1. The van der Waals surface area contributed by atoms with Gasteiger partial charge < -0.3 is 14.8 Å². The molecule has 26 heavy (non-hydrogen) atoms. The quantitative estimate of drug-likeness (QED) is 0.705. The van der Waals surface area contributed by atoms with E-state index in [9.17, 15) is 4.79 Å². The monoisotopic (exact) mass is 349 g/mol. The summed E-state index contributed by atoms with van der Waals surface area (Å²) in [6.07, 6.45) is 8.30. The number of carbonyl (C=O) groups is 1. The zero-order valence-electron chi connectivity index (χ0n) is 13.7. The number of nitrogens with one attached hydrogen (secondary N) is 1. The number of nitrogens with zero attached hydrogens (tertiary/aromatic N) is 4. The van der Waals surface area contributed by atoms with Crippen LogP contribution in [0.5, 0.6) is 11.5 Å². The zero-order chi connectivity index (χ0) is 17.8. The molecule has 0 bridgehead atoms. The zero-order valence-corrected chi connectivity index (χ0v) is 13.7. The van der Waals surface area contributed by atoms with E-state index in [4.69, 9.17) is 9.47 Å². The average molecular weight is 349 g/mol. The van der Waals surface area contributed by atoms with Crippen LogP contribution in [0.25, 0.3) is 11.8 Å². The van der Waals surface area contributed by atoms with Crippen LogP contribution in [-0.2, 0) is 11.3 Å². The van der Waals surface area contributed by atoms with Crippen molar-refractivity contribution in [1.29, 1.82) is 0 Å². The molecule has 1 N–H and O–H groups in total. The van der Waals surface area contributed by atoms with Crippen molar-refractivity contribution in [3.63, 3.8) is 0 Å². The van der Waals surface area contributed by atoms with Gasteiger partial charge in [-0.2, -0.15) is 0 Å². The Bertz CT molecular complexity index is 952. The maximum atomic E-state index is 12.0. The first-order valence-electron chi connectivity index (χ1n) is 7.95. The molecular formula is C18H15N5O3. The highest BCUT2D eigenvalue weighted by atomic mass is 16.7. The van der Waals surface area contributed by atoms with Gasteiger partial charge in [-0.3, -0.25) is 9.78 Å². The minimum absolute atomic E-state index is 0.224. The van der Waals surface area contributed by atoms with E-state index < -0.39 is 0 Å². The van der Waals surface area contributed by atoms with E-state index in [1.54, 1.807) is 29.3 Å². The summed E-state index contributed by atoms with van der Waals surface area (Å²) in [6, 6.07) is 9.19. The Morgan fingerprint density at radius 1 is 1.27 bits per heavy atom. The van der Waals surface area contributed by atoms with Crippen molar-refractivity contribution in [2.45, 2.75) is 6.54 Å². The van der Waals surface area contributed by atoms with Crippen LogP contribution in [-0.4, -0.2) is 32.7 Å². The van der Waals surface area contributed by atoms with E-state index in [-0.39, 0.29) is 19.2 Å². The molecule has 0 saturated heterocycles. The van der Waals surface area contributed by atoms with Crippen molar-refractivity contribution in [2.24, 2.45) is 0 Å². The highest BCUT2D eigenvalue weighted by Gasteiger charge is 2.12. The Morgan fingerprint density at radius 2 is 2.19 bits per heavy atom. The summed E-state index contributed by atoms with van der Waals surface area (Å²) in [5, 5.41) is 10.8. The van der Waals surface area contributed by atoms with Crippen LogP contribution < -0.4 is 14.8 Å². The summed E-state index contributed by atoms with van der Waals surface area (Å²) in [7, 11) is 0. The fourth-order valence-electron chi connectivity index (χ4n) is 2.42. The van der Waals surface area contributed by atoms with E-state index in [2.05, 4.69) is 20.6 Å². The number of hydrogen-bond acceptors (Lipinski definition) is 6. The second kappa shape index (κ2) is 7.06. The molecule has 8 nitrogen and oxygen atoms in total. The highest BCUT2D eigenvalue weighted by molar-refractivity contribution is 5.91. The Morgan fingerprint density at radius 3 is 3.08 bits per heavy atom. The molecule has 4 rings (SSSR count). The van der Waals surface area contributed by atoms with Crippen LogP contribution in [0, 0.1) is 0 Å². The van der Waals surface area contributed by atoms with Gasteiger partial charge in [0, 0.05) is 12.3 Å². The van der Waals surface area contributed by atoms with Gasteiger partial charge in [-0.15, -0.1) is 5.10 Å². The summed E-state index contributed by atoms with van der Waals surface area (Å²) < 4.78 is 12.2. The lowest BCUT2D eigenvalue weighted by molar-refractivity contribution is -0.116. The van der Waals surface area contributed by atoms with Gasteiger partial charge >= 0.3 is 0 Å². The van der Waals surface area contributed by atoms with Gasteiger partial charge in [-0.25, -0.2) is 4.68 Å². The smallest absolute Gasteiger partial charge is 0.244 e. The molecule has 1 aliphatic rings. The second-order valence-electron chi connectivity index (χ2n) is 5.53. The topological polar surface area (TPSA) is 91.2 Å². The molecule has 0 unspecified atom stereocenters. The molecule has 3 heterocycles. The van der Waals surface area contributed by atoms with Crippen molar-refractivity contribution in [3.8, 4) is 17.2 Å². The molecule has 1 aliphatic heterocycles. The molecule has 0 aliphatic carbocycles. The maximum Gasteiger partial charge on any atom is 0.244 e. The van der Waals surface area contributed by atoms with Gasteiger partial charge in [0.25, 0.3) is 0 Å². The molecule has 2 aromatic heterocycles. The Labute approximate surface area is 149 Å². The normalized spacial score (nSPS) is 12.5. The van der Waals surface area contributed by atoms with Crippen molar-refractivity contribution in [1.82, 2.24) is 25.3 Å². The van der Waals surface area contributed by atoms with Crippen LogP contribution in [0.2, 0.25) is 0 Å². The van der Waals surface area contributed by atoms with Crippen LogP contribution in [0.15, 0.2) is 55.0 Å². The van der Waals surface area contributed by atoms with E-state index in [0.717, 1.165) is 11.3 Å². The van der Waals surface area contributed by atoms with E-state index in [1.165, 1.54) is 6.08 Å². The molecule has 1 amide bonds. The van der Waals surface area contributed by atoms with E-state index >= 15 is 0 Å². The minimum atomic E-state index is -0.224. The standard InChI is InChI=1S/C18H15N5O3/c24-18(6-4-13-3-5-16-17(8-13)26-12-25-16)20-9-14-11-23(22-21-14)15-2-1-7-19-10-15/h1-8,10-11H,9,12H2,(H,20,24)/b6-4+. The molecule has 130 valence electrons. The van der Waals surface area contributed by atoms with Gasteiger partial charge in [0.05, 0.1) is 24.6 Å². The summed E-state index contributed by atoms with van der Waals surface area (Å²) in [5.41, 5.74) is 2.31. The first-order valence-corrected chi connectivity index (χ1v) is 7.95. The Hall–Kier alpha value is -3.68. The number of benzene rings is 1. The Kier molecular flexibility index (Phi) is 4.29. The molecule has 0 radical (unpaired) electrons. The summed E-state index contributed by atoms with van der Waals surface area (Å²) in [4.78, 5) is 16.0. The first-order chi connectivity index (χ1) is 12.8. The lowest BCUT2D eigenvalue weighted by atomic mass is 10.2. The van der Waals surface area contributed by atoms with E-state index in [1.807, 2.05) is 30.3 Å². The maximum absolute atomic E-state index is 12.0. The number of ether oxygens (including phenoxy) is 2. The van der Waals surface area contributed by atoms with Gasteiger partial charge in [0.2, 0.25) is 12.7 Å². The third kappa shape index (κ3) is 3.54. The Balaban J connectivity index is 1.33. The third-order valence-corrected chi connectivity index (χ3v) is 3.72. The number of aromatic nitrogens is 4. The molecule has 8 heteroatoms. The van der Waals surface area contributed by atoms with Crippen molar-refractivity contribution in [3.05, 3.63) is 66.3 Å². The number of amides is 1. The van der Waals surface area contributed by atoms with Crippen LogP contribution in [0.1, 0.15) is 11.3 Å². The predicted molar refractivity (Wildman–Crippen MR) is 92.6 cm³/mol. The third-order valence-electron chi connectivity index (χ3n) is 3.72. The SMILES string of the molecule is O=C(/C=C/c1ccc2c(c1)OCO2)NCc1cn(-c2cccnc2)nn1. The largest absolute Gasteiger partial charge is 0.454 e. The molecule has 0 atom stereocenters. The van der Waals surface area contributed by atoms with Gasteiger partial charge in [0.15, 0.2) is 11.5 Å². The van der Waals surface area contributed by atoms with Crippen LogP contribution >= 0.6 is 0 Å². The summed E-state index contributed by atoms with van der Waals surface area (Å²) >= 11 is 0. The number of pyridine rings is 1. The fourth-order valence-corrected chi connectivity index (χ4v) is 2.42. The molecule has 0 fully saturated rings. The summed E-state index contributed by atoms with van der Waals surface area (Å²) in [5.74, 6) is 1.17. The molecule has 0 saturated carbocycles. The minimum Gasteiger partial charge on any atom is -0.454 e. The molecule has 3 aromatic rings. The lowest BCUT2D eigenvalue weighted by Gasteiger charge is -1.99. The van der Waals surface area contributed by atoms with Gasteiger partial charge in [-0.05, 0) is 35.9 Å². The second-order valence-corrected chi connectivity index (χ2v) is 5.53. The van der Waals surface area contributed by atoms with E-state index in [0.29, 0.717) is 17.2 Å². The molecule has 1 aromatic carbocycles. The summed E-state index contributed by atoms with van der Waals surface area (Å²) in [6.45, 7) is 0.507. The average Bonchev–Trinajstić information content (AvgIpc) is 3.34. The van der Waals surface area contributed by atoms with Crippen molar-refractivity contribution in [2.75, 3.05) is 6.79 Å². The number of rotatable bonds is 5. The number of hydrogen-bond donors (Lipinski definition) is 1. The van der Waals surface area contributed by atoms with Gasteiger partial charge in [-0.1, -0.05) is 11.3 Å². The van der Waals surface area contributed by atoms with Crippen LogP contribution in [0.4, 0.5) is 0 Å². The van der Waals surface area contributed by atoms with Crippen LogP contribution in [0.3, 0.4) is 0 Å². The highest BCUT2D eigenvalue weighted by Crippen LogP contribution is 2.32. The first kappa shape index (κ1) is 15.8. The van der Waals surface area contributed by atoms with Crippen molar-refractivity contribution >= 4 is 12.0 Å². The number of fused-ring (bicyclic) bond motifs is 1. The lowest BCUT2D eigenvalue weighted by Crippen LogP contribution is -2.20.